The van der Waals surface area contributed by atoms with E-state index >= 15 is 0 Å². The van der Waals surface area contributed by atoms with Crippen LogP contribution in [-0.4, -0.2) is 13.9 Å². The molecule has 0 rings (SSSR count). The number of hydrogen-bond donors (Lipinski definition) is 0. The number of unbranched alkanes of at least 4 members (excludes halogenated alkanes) is 1. The molecule has 3 heteroatoms. The molecule has 15 heavy (non-hydrogen) atoms. The van der Waals surface area contributed by atoms with Gasteiger partial charge in [0, 0.05) is 0 Å². The minimum Gasteiger partial charge on any atom is -0.412 e. The lowest BCUT2D eigenvalue weighted by atomic mass is 9.96. The molecule has 0 fully saturated rings. The Labute approximate surface area is 110 Å². The second-order valence-corrected chi connectivity index (χ2v) is 10.5. The Hall–Kier alpha value is 0.647. The molecule has 0 aliphatic rings. The molecule has 0 aliphatic heterocycles. The Morgan fingerprint density at radius 1 is 1.33 bits per heavy atom. The molecular formula is C12H25IOSi. The molecule has 0 aromatic rings. The maximum absolute atomic E-state index is 6.31. The van der Waals surface area contributed by atoms with Crippen LogP contribution < -0.4 is 0 Å². The third-order valence-electron chi connectivity index (χ3n) is 2.25. The van der Waals surface area contributed by atoms with Gasteiger partial charge < -0.3 is 4.43 Å². The van der Waals surface area contributed by atoms with Crippen molar-refractivity contribution in [2.45, 2.75) is 64.8 Å². The summed E-state index contributed by atoms with van der Waals surface area (Å²) in [6.07, 6.45) is 6.94. The van der Waals surface area contributed by atoms with Crippen LogP contribution in [0.15, 0.2) is 10.2 Å². The van der Waals surface area contributed by atoms with Crippen molar-refractivity contribution in [2.75, 3.05) is 0 Å². The van der Waals surface area contributed by atoms with E-state index in [1.807, 2.05) is 0 Å². The largest absolute Gasteiger partial charge is 0.412 e. The Morgan fingerprint density at radius 3 is 2.33 bits per heavy atom. The summed E-state index contributed by atoms with van der Waals surface area (Å²) >= 11 is 2.28. The third kappa shape index (κ3) is 8.45. The van der Waals surface area contributed by atoms with E-state index in [0.29, 0.717) is 0 Å². The second-order valence-electron chi connectivity index (χ2n) is 5.33. The average molecular weight is 340 g/mol. The van der Waals surface area contributed by atoms with E-state index in [1.54, 1.807) is 0 Å². The highest BCUT2D eigenvalue weighted by Crippen LogP contribution is 2.27. The summed E-state index contributed by atoms with van der Waals surface area (Å²) in [5, 5.41) is 0. The van der Waals surface area contributed by atoms with Crippen LogP contribution in [0.3, 0.4) is 0 Å². The lowest BCUT2D eigenvalue weighted by molar-refractivity contribution is 0.0716. The van der Waals surface area contributed by atoms with Crippen LogP contribution in [0.2, 0.25) is 19.6 Å². The zero-order valence-corrected chi connectivity index (χ0v) is 13.9. The summed E-state index contributed by atoms with van der Waals surface area (Å²) in [5.41, 5.74) is 0.0577. The van der Waals surface area contributed by atoms with Crippen molar-refractivity contribution in [3.8, 4) is 0 Å². The minimum atomic E-state index is -1.43. The fourth-order valence-electron chi connectivity index (χ4n) is 1.78. The first kappa shape index (κ1) is 15.6. The van der Waals surface area contributed by atoms with Gasteiger partial charge in [0.25, 0.3) is 0 Å². The van der Waals surface area contributed by atoms with Crippen molar-refractivity contribution in [2.24, 2.45) is 0 Å². The molecule has 0 heterocycles. The highest BCUT2D eigenvalue weighted by molar-refractivity contribution is 14.1. The Bertz CT molecular complexity index is 198. The van der Waals surface area contributed by atoms with Crippen molar-refractivity contribution >= 4 is 30.9 Å². The van der Waals surface area contributed by atoms with Crippen molar-refractivity contribution in [3.05, 3.63) is 10.2 Å². The fourth-order valence-corrected chi connectivity index (χ4v) is 3.70. The van der Waals surface area contributed by atoms with E-state index in [1.165, 1.54) is 19.3 Å². The standard InChI is InChI=1S/C12H25IOSi/c1-6-7-9-12(2,10-8-11-13)14-15(3,4)5/h8,11H,6-7,9-10H2,1-5H3/b11-8+. The molecule has 0 saturated heterocycles. The second kappa shape index (κ2) is 7.07. The van der Waals surface area contributed by atoms with Gasteiger partial charge in [0.2, 0.25) is 0 Å². The van der Waals surface area contributed by atoms with Gasteiger partial charge in [0.1, 0.15) is 0 Å². The summed E-state index contributed by atoms with van der Waals surface area (Å²) in [5.74, 6) is 0. The molecule has 1 atom stereocenters. The molecule has 0 N–H and O–H groups in total. The van der Waals surface area contributed by atoms with Gasteiger partial charge in [-0.1, -0.05) is 48.4 Å². The van der Waals surface area contributed by atoms with Crippen LogP contribution in [0.1, 0.15) is 39.5 Å². The molecule has 0 bridgehead atoms. The average Bonchev–Trinajstić information content (AvgIpc) is 2.09. The summed E-state index contributed by atoms with van der Waals surface area (Å²) in [4.78, 5) is 0. The zero-order valence-electron chi connectivity index (χ0n) is 10.8. The minimum absolute atomic E-state index is 0.0577. The predicted molar refractivity (Wildman–Crippen MR) is 80.1 cm³/mol. The molecular weight excluding hydrogens is 315 g/mol. The van der Waals surface area contributed by atoms with Gasteiger partial charge in [0.05, 0.1) is 5.60 Å². The van der Waals surface area contributed by atoms with Gasteiger partial charge in [-0.25, -0.2) is 0 Å². The molecule has 0 amide bonds. The summed E-state index contributed by atoms with van der Waals surface area (Å²) < 4.78 is 8.41. The molecule has 1 nitrogen and oxygen atoms in total. The van der Waals surface area contributed by atoms with Crippen LogP contribution in [0, 0.1) is 0 Å². The van der Waals surface area contributed by atoms with Crippen LogP contribution in [0.4, 0.5) is 0 Å². The van der Waals surface area contributed by atoms with Crippen molar-refractivity contribution in [1.29, 1.82) is 0 Å². The van der Waals surface area contributed by atoms with Crippen molar-refractivity contribution < 1.29 is 4.43 Å². The quantitative estimate of drug-likeness (QED) is 0.461. The number of halogens is 1. The van der Waals surface area contributed by atoms with E-state index in [-0.39, 0.29) is 5.60 Å². The molecule has 0 aromatic heterocycles. The predicted octanol–water partition coefficient (Wildman–Crippen LogP) is 5.13. The number of rotatable bonds is 7. The zero-order chi connectivity index (χ0) is 11.9. The van der Waals surface area contributed by atoms with E-state index in [4.69, 9.17) is 4.43 Å². The summed E-state index contributed by atoms with van der Waals surface area (Å²) in [6, 6.07) is 0. The SMILES string of the molecule is CCCCC(C)(C/C=C/I)O[Si](C)(C)C. The molecule has 90 valence electrons. The lowest BCUT2D eigenvalue weighted by Gasteiger charge is -2.36. The van der Waals surface area contributed by atoms with Gasteiger partial charge in [-0.05, 0) is 43.5 Å². The fraction of sp³-hybridized carbons (Fsp3) is 0.833. The van der Waals surface area contributed by atoms with Gasteiger partial charge in [0.15, 0.2) is 8.32 Å². The maximum Gasteiger partial charge on any atom is 0.184 e. The van der Waals surface area contributed by atoms with Crippen LogP contribution >= 0.6 is 22.6 Å². The molecule has 0 aliphatic carbocycles. The third-order valence-corrected chi connectivity index (χ3v) is 3.86. The molecule has 0 radical (unpaired) electrons. The molecule has 0 aromatic carbocycles. The van der Waals surface area contributed by atoms with Gasteiger partial charge in [-0.3, -0.25) is 0 Å². The highest BCUT2D eigenvalue weighted by Gasteiger charge is 2.29. The first-order valence-electron chi connectivity index (χ1n) is 5.78. The molecule has 1 unspecified atom stereocenters. The highest BCUT2D eigenvalue weighted by atomic mass is 127. The van der Waals surface area contributed by atoms with Gasteiger partial charge >= 0.3 is 0 Å². The van der Waals surface area contributed by atoms with Crippen LogP contribution in [0.5, 0.6) is 0 Å². The van der Waals surface area contributed by atoms with E-state index in [0.717, 1.165) is 6.42 Å². The lowest BCUT2D eigenvalue weighted by Crippen LogP contribution is -2.40. The van der Waals surface area contributed by atoms with Gasteiger partial charge in [-0.15, -0.1) is 0 Å². The number of hydrogen-bond acceptors (Lipinski definition) is 1. The van der Waals surface area contributed by atoms with Gasteiger partial charge in [-0.2, -0.15) is 0 Å². The van der Waals surface area contributed by atoms with Crippen molar-refractivity contribution in [1.82, 2.24) is 0 Å². The molecule has 0 saturated carbocycles. The van der Waals surface area contributed by atoms with Crippen LogP contribution in [-0.2, 0) is 4.43 Å². The Balaban J connectivity index is 4.39. The maximum atomic E-state index is 6.31. The van der Waals surface area contributed by atoms with E-state index in [2.05, 4.69) is 66.2 Å². The summed E-state index contributed by atoms with van der Waals surface area (Å²) in [7, 11) is -1.43. The Kier molecular flexibility index (Phi) is 7.37. The first-order chi connectivity index (χ1) is 6.83. The van der Waals surface area contributed by atoms with Crippen molar-refractivity contribution in [3.63, 3.8) is 0 Å². The summed E-state index contributed by atoms with van der Waals surface area (Å²) in [6.45, 7) is 11.3. The topological polar surface area (TPSA) is 9.23 Å². The van der Waals surface area contributed by atoms with E-state index < -0.39 is 8.32 Å². The van der Waals surface area contributed by atoms with E-state index in [9.17, 15) is 0 Å². The molecule has 0 spiro atoms. The van der Waals surface area contributed by atoms with Crippen LogP contribution in [0.25, 0.3) is 0 Å². The Morgan fingerprint density at radius 2 is 1.93 bits per heavy atom. The normalized spacial score (nSPS) is 16.9. The monoisotopic (exact) mass is 340 g/mol. The first-order valence-corrected chi connectivity index (χ1v) is 10.4. The smallest absolute Gasteiger partial charge is 0.184 e.